The van der Waals surface area contributed by atoms with Crippen molar-refractivity contribution in [2.24, 2.45) is 0 Å². The van der Waals surface area contributed by atoms with Crippen molar-refractivity contribution in [2.45, 2.75) is 13.5 Å². The summed E-state index contributed by atoms with van der Waals surface area (Å²) >= 11 is 0. The number of hydrogen-bond acceptors (Lipinski definition) is 4. The maximum Gasteiger partial charge on any atom is 0.317 e. The van der Waals surface area contributed by atoms with Gasteiger partial charge in [0.05, 0.1) is 12.3 Å². The second-order valence-electron chi connectivity index (χ2n) is 6.01. The van der Waals surface area contributed by atoms with Gasteiger partial charge in [-0.15, -0.1) is 0 Å². The van der Waals surface area contributed by atoms with Crippen molar-refractivity contribution >= 4 is 11.7 Å². The molecule has 2 amide bonds. The molecule has 0 aliphatic carbocycles. The molecular formula is C17H27FN4O2. The largest absolute Gasteiger partial charge is 0.395 e. The molecule has 1 saturated heterocycles. The van der Waals surface area contributed by atoms with Crippen LogP contribution in [0.15, 0.2) is 18.2 Å². The molecule has 0 unspecified atom stereocenters. The highest BCUT2D eigenvalue weighted by atomic mass is 19.1. The van der Waals surface area contributed by atoms with Crippen LogP contribution in [0.4, 0.5) is 14.9 Å². The van der Waals surface area contributed by atoms with Gasteiger partial charge in [0, 0.05) is 46.3 Å². The normalized spacial score (nSPS) is 15.4. The number of benzene rings is 1. The van der Waals surface area contributed by atoms with Crippen molar-refractivity contribution in [3.63, 3.8) is 0 Å². The van der Waals surface area contributed by atoms with E-state index in [1.165, 1.54) is 11.0 Å². The molecule has 0 atom stereocenters. The molecule has 0 bridgehead atoms. The molecule has 1 aromatic carbocycles. The molecular weight excluding hydrogens is 311 g/mol. The van der Waals surface area contributed by atoms with Crippen LogP contribution in [-0.4, -0.2) is 73.9 Å². The maximum absolute atomic E-state index is 14.4. The topological polar surface area (TPSA) is 59.0 Å². The summed E-state index contributed by atoms with van der Waals surface area (Å²) in [7, 11) is 1.60. The molecule has 134 valence electrons. The molecule has 0 radical (unpaired) electrons. The Kier molecular flexibility index (Phi) is 6.81. The Labute approximate surface area is 142 Å². The van der Waals surface area contributed by atoms with Crippen molar-refractivity contribution in [1.82, 2.24) is 15.1 Å². The van der Waals surface area contributed by atoms with E-state index in [4.69, 9.17) is 5.11 Å². The van der Waals surface area contributed by atoms with Crippen molar-refractivity contribution in [3.8, 4) is 0 Å². The standard InChI is InChI=1S/C17H27FN4O2/c1-3-21-6-8-22(9-7-21)16-5-4-14(12-15(16)18)13-19-17(24)20(2)10-11-23/h4-5,12,23H,3,6-11,13H2,1-2H3,(H,19,24). The minimum absolute atomic E-state index is 0.0848. The number of urea groups is 1. The van der Waals surface area contributed by atoms with Gasteiger partial charge < -0.3 is 25.1 Å². The molecule has 7 heteroatoms. The summed E-state index contributed by atoms with van der Waals surface area (Å²) < 4.78 is 14.4. The fraction of sp³-hybridized carbons (Fsp3) is 0.588. The summed E-state index contributed by atoms with van der Waals surface area (Å²) in [5, 5.41) is 11.5. The van der Waals surface area contributed by atoms with Crippen LogP contribution in [0.5, 0.6) is 0 Å². The predicted molar refractivity (Wildman–Crippen MR) is 92.7 cm³/mol. The van der Waals surface area contributed by atoms with E-state index in [2.05, 4.69) is 22.0 Å². The molecule has 2 N–H and O–H groups in total. The number of aliphatic hydroxyl groups excluding tert-OH is 1. The van der Waals surface area contributed by atoms with Crippen LogP contribution < -0.4 is 10.2 Å². The van der Waals surface area contributed by atoms with Gasteiger partial charge in [-0.2, -0.15) is 0 Å². The number of aliphatic hydroxyl groups is 1. The first-order valence-electron chi connectivity index (χ1n) is 8.40. The average Bonchev–Trinajstić information content (AvgIpc) is 2.60. The zero-order valence-corrected chi connectivity index (χ0v) is 14.5. The molecule has 1 aliphatic rings. The number of nitrogens with zero attached hydrogens (tertiary/aromatic N) is 3. The van der Waals surface area contributed by atoms with Crippen LogP contribution in [0.1, 0.15) is 12.5 Å². The smallest absolute Gasteiger partial charge is 0.317 e. The molecule has 0 aromatic heterocycles. The van der Waals surface area contributed by atoms with Gasteiger partial charge in [-0.25, -0.2) is 9.18 Å². The third-order valence-electron chi connectivity index (χ3n) is 4.40. The van der Waals surface area contributed by atoms with E-state index in [9.17, 15) is 9.18 Å². The average molecular weight is 338 g/mol. The number of likely N-dealkylation sites (N-methyl/N-ethyl adjacent to an activating group) is 2. The van der Waals surface area contributed by atoms with Crippen LogP contribution >= 0.6 is 0 Å². The minimum Gasteiger partial charge on any atom is -0.395 e. The number of halogens is 1. The molecule has 0 saturated carbocycles. The van der Waals surface area contributed by atoms with E-state index in [1.54, 1.807) is 13.1 Å². The summed E-state index contributed by atoms with van der Waals surface area (Å²) in [6.07, 6.45) is 0. The lowest BCUT2D eigenvalue weighted by Gasteiger charge is -2.35. The number of piperazine rings is 1. The summed E-state index contributed by atoms with van der Waals surface area (Å²) in [5.41, 5.74) is 1.34. The van der Waals surface area contributed by atoms with Gasteiger partial charge in [0.1, 0.15) is 5.82 Å². The molecule has 1 fully saturated rings. The molecule has 24 heavy (non-hydrogen) atoms. The Balaban J connectivity index is 1.91. The zero-order chi connectivity index (χ0) is 17.5. The highest BCUT2D eigenvalue weighted by molar-refractivity contribution is 5.73. The maximum atomic E-state index is 14.4. The Morgan fingerprint density at radius 2 is 2.04 bits per heavy atom. The van der Waals surface area contributed by atoms with Crippen LogP contribution in [-0.2, 0) is 6.54 Å². The van der Waals surface area contributed by atoms with Gasteiger partial charge in [-0.3, -0.25) is 0 Å². The third kappa shape index (κ3) is 4.82. The van der Waals surface area contributed by atoms with Gasteiger partial charge >= 0.3 is 6.03 Å². The first-order valence-corrected chi connectivity index (χ1v) is 8.40. The van der Waals surface area contributed by atoms with E-state index in [-0.39, 0.29) is 31.5 Å². The van der Waals surface area contributed by atoms with Gasteiger partial charge in [-0.1, -0.05) is 13.0 Å². The molecule has 1 heterocycles. The SMILES string of the molecule is CCN1CCN(c2ccc(CNC(=O)N(C)CCO)cc2F)CC1. The first-order chi connectivity index (χ1) is 11.5. The van der Waals surface area contributed by atoms with E-state index in [0.717, 1.165) is 32.7 Å². The molecule has 1 aromatic rings. The van der Waals surface area contributed by atoms with Gasteiger partial charge in [-0.05, 0) is 24.2 Å². The number of nitrogens with one attached hydrogen (secondary N) is 1. The van der Waals surface area contributed by atoms with Crippen molar-refractivity contribution in [1.29, 1.82) is 0 Å². The Morgan fingerprint density at radius 3 is 2.62 bits per heavy atom. The van der Waals surface area contributed by atoms with Gasteiger partial charge in [0.15, 0.2) is 0 Å². The number of rotatable bonds is 6. The summed E-state index contributed by atoms with van der Waals surface area (Å²) in [6.45, 7) is 7.16. The third-order valence-corrected chi connectivity index (χ3v) is 4.40. The number of anilines is 1. The van der Waals surface area contributed by atoms with Crippen molar-refractivity contribution in [2.75, 3.05) is 57.8 Å². The predicted octanol–water partition coefficient (Wildman–Crippen LogP) is 1.10. The van der Waals surface area contributed by atoms with Crippen LogP contribution in [0, 0.1) is 5.82 Å². The number of amides is 2. The number of hydrogen-bond donors (Lipinski definition) is 2. The molecule has 0 spiro atoms. The Bertz CT molecular complexity index is 547. The molecule has 6 nitrogen and oxygen atoms in total. The lowest BCUT2D eigenvalue weighted by molar-refractivity contribution is 0.190. The quantitative estimate of drug-likeness (QED) is 0.816. The highest BCUT2D eigenvalue weighted by Crippen LogP contribution is 2.22. The van der Waals surface area contributed by atoms with E-state index in [1.807, 2.05) is 6.07 Å². The van der Waals surface area contributed by atoms with Gasteiger partial charge in [0.25, 0.3) is 0 Å². The number of carbonyl (C=O) groups is 1. The Morgan fingerprint density at radius 1 is 1.33 bits per heavy atom. The van der Waals surface area contributed by atoms with E-state index < -0.39 is 0 Å². The number of carbonyl (C=O) groups excluding carboxylic acids is 1. The second kappa shape index (κ2) is 8.84. The van der Waals surface area contributed by atoms with Gasteiger partial charge in [0.2, 0.25) is 0 Å². The van der Waals surface area contributed by atoms with Crippen molar-refractivity contribution in [3.05, 3.63) is 29.6 Å². The summed E-state index contributed by atoms with van der Waals surface area (Å²) in [5.74, 6) is -0.254. The Hall–Kier alpha value is -1.86. The first kappa shape index (κ1) is 18.5. The fourth-order valence-electron chi connectivity index (χ4n) is 2.79. The highest BCUT2D eigenvalue weighted by Gasteiger charge is 2.18. The molecule has 2 rings (SSSR count). The minimum atomic E-state index is -0.288. The lowest BCUT2D eigenvalue weighted by Crippen LogP contribution is -2.46. The van der Waals surface area contributed by atoms with E-state index >= 15 is 0 Å². The monoisotopic (exact) mass is 338 g/mol. The van der Waals surface area contributed by atoms with Crippen molar-refractivity contribution < 1.29 is 14.3 Å². The van der Waals surface area contributed by atoms with Crippen LogP contribution in [0.3, 0.4) is 0 Å². The van der Waals surface area contributed by atoms with E-state index in [0.29, 0.717) is 11.3 Å². The second-order valence-corrected chi connectivity index (χ2v) is 6.01. The summed E-state index contributed by atoms with van der Waals surface area (Å²) in [4.78, 5) is 17.6. The lowest BCUT2D eigenvalue weighted by atomic mass is 10.1. The zero-order valence-electron chi connectivity index (χ0n) is 14.5. The van der Waals surface area contributed by atoms with Crippen LogP contribution in [0.25, 0.3) is 0 Å². The summed E-state index contributed by atoms with van der Waals surface area (Å²) in [6, 6.07) is 4.82. The molecule has 1 aliphatic heterocycles. The fourth-order valence-corrected chi connectivity index (χ4v) is 2.79. The van der Waals surface area contributed by atoms with Crippen LogP contribution in [0.2, 0.25) is 0 Å².